The summed E-state index contributed by atoms with van der Waals surface area (Å²) < 4.78 is 5.09. The van der Waals surface area contributed by atoms with Crippen molar-refractivity contribution in [2.24, 2.45) is 0 Å². The Morgan fingerprint density at radius 2 is 2.22 bits per heavy atom. The van der Waals surface area contributed by atoms with E-state index in [0.717, 1.165) is 0 Å². The van der Waals surface area contributed by atoms with E-state index in [2.05, 4.69) is 5.32 Å². The molecule has 1 aromatic heterocycles. The number of methoxy groups -OCH3 is 1. The third-order valence-electron chi connectivity index (χ3n) is 2.32. The highest BCUT2D eigenvalue weighted by molar-refractivity contribution is 7.12. The van der Waals surface area contributed by atoms with Crippen molar-refractivity contribution in [2.45, 2.75) is 0 Å². The largest absolute Gasteiger partial charge is 0.495 e. The minimum absolute atomic E-state index is 0.254. The summed E-state index contributed by atoms with van der Waals surface area (Å²) in [5, 5.41) is 5.04. The average molecular weight is 283 g/mol. The Morgan fingerprint density at radius 1 is 1.44 bits per heavy atom. The molecule has 1 aromatic carbocycles. The number of halogens is 1. The Balaban J connectivity index is 2.21. The van der Waals surface area contributed by atoms with E-state index in [0.29, 0.717) is 27.0 Å². The molecule has 0 fully saturated rings. The molecule has 0 bridgehead atoms. The molecule has 94 valence electrons. The molecular weight excluding hydrogens is 272 g/mol. The smallest absolute Gasteiger partial charge is 0.269 e. The molecule has 0 saturated heterocycles. The summed E-state index contributed by atoms with van der Waals surface area (Å²) in [7, 11) is 1.52. The number of nitrogens with two attached hydrogens (primary N) is 1. The van der Waals surface area contributed by atoms with E-state index in [-0.39, 0.29) is 5.91 Å². The van der Waals surface area contributed by atoms with Crippen molar-refractivity contribution >= 4 is 40.2 Å². The lowest BCUT2D eigenvalue weighted by atomic mass is 10.2. The normalized spacial score (nSPS) is 10.1. The predicted octanol–water partition coefficient (Wildman–Crippen LogP) is 3.24. The molecule has 2 aromatic rings. The van der Waals surface area contributed by atoms with Gasteiger partial charge >= 0.3 is 0 Å². The monoisotopic (exact) mass is 282 g/mol. The maximum Gasteiger partial charge on any atom is 0.269 e. The van der Waals surface area contributed by atoms with Crippen LogP contribution >= 0.6 is 22.9 Å². The van der Waals surface area contributed by atoms with E-state index in [1.807, 2.05) is 0 Å². The van der Waals surface area contributed by atoms with Gasteiger partial charge in [-0.2, -0.15) is 0 Å². The van der Waals surface area contributed by atoms with E-state index in [1.54, 1.807) is 29.6 Å². The van der Waals surface area contributed by atoms with Gasteiger partial charge in [-0.1, -0.05) is 11.6 Å². The van der Waals surface area contributed by atoms with Gasteiger partial charge in [0.15, 0.2) is 0 Å². The first-order chi connectivity index (χ1) is 8.61. The van der Waals surface area contributed by atoms with Crippen LogP contribution in [0.25, 0.3) is 0 Å². The Kier molecular flexibility index (Phi) is 3.74. The summed E-state index contributed by atoms with van der Waals surface area (Å²) in [6.45, 7) is 0. The minimum atomic E-state index is -0.254. The molecule has 0 atom stereocenters. The molecule has 0 spiro atoms. The molecular formula is C12H11ClN2O2S. The summed E-state index contributed by atoms with van der Waals surface area (Å²) in [4.78, 5) is 12.5. The van der Waals surface area contributed by atoms with Crippen LogP contribution in [0.3, 0.4) is 0 Å². The van der Waals surface area contributed by atoms with Crippen LogP contribution in [0.15, 0.2) is 29.6 Å². The second kappa shape index (κ2) is 5.29. The topological polar surface area (TPSA) is 64.3 Å². The molecule has 0 aliphatic heterocycles. The zero-order valence-corrected chi connectivity index (χ0v) is 11.1. The Labute approximate surface area is 113 Å². The highest BCUT2D eigenvalue weighted by atomic mass is 35.5. The third kappa shape index (κ3) is 2.57. The quantitative estimate of drug-likeness (QED) is 0.850. The number of nitrogen functional groups attached to an aromatic ring is 1. The van der Waals surface area contributed by atoms with Crippen LogP contribution in [0.2, 0.25) is 5.02 Å². The molecule has 1 amide bonds. The lowest BCUT2D eigenvalue weighted by Gasteiger charge is -2.08. The summed E-state index contributed by atoms with van der Waals surface area (Å²) in [6, 6.07) is 6.66. The van der Waals surface area contributed by atoms with Crippen LogP contribution < -0.4 is 15.8 Å². The molecule has 3 N–H and O–H groups in total. The van der Waals surface area contributed by atoms with E-state index in [1.165, 1.54) is 18.4 Å². The predicted molar refractivity (Wildman–Crippen MR) is 74.7 cm³/mol. The van der Waals surface area contributed by atoms with Gasteiger partial charge in [-0.3, -0.25) is 4.79 Å². The zero-order valence-electron chi connectivity index (χ0n) is 9.57. The van der Waals surface area contributed by atoms with Crippen LogP contribution in [-0.4, -0.2) is 13.0 Å². The number of amides is 1. The van der Waals surface area contributed by atoms with Crippen LogP contribution in [-0.2, 0) is 0 Å². The second-order valence-electron chi connectivity index (χ2n) is 3.50. The molecule has 1 heterocycles. The van der Waals surface area contributed by atoms with E-state index in [9.17, 15) is 4.79 Å². The lowest BCUT2D eigenvalue weighted by Crippen LogP contribution is -2.12. The van der Waals surface area contributed by atoms with Gasteiger partial charge in [-0.15, -0.1) is 11.3 Å². The summed E-state index contributed by atoms with van der Waals surface area (Å²) in [6.07, 6.45) is 0. The summed E-state index contributed by atoms with van der Waals surface area (Å²) in [5.74, 6) is 0.293. The molecule has 4 nitrogen and oxygen atoms in total. The number of carbonyl (C=O) groups excluding carboxylic acids is 1. The number of benzene rings is 1. The van der Waals surface area contributed by atoms with Gasteiger partial charge in [0.25, 0.3) is 5.91 Å². The Bertz CT molecular complexity index is 583. The number of hydrogen-bond acceptors (Lipinski definition) is 4. The van der Waals surface area contributed by atoms with Crippen molar-refractivity contribution in [1.29, 1.82) is 0 Å². The lowest BCUT2D eigenvalue weighted by molar-refractivity contribution is 0.102. The van der Waals surface area contributed by atoms with Gasteiger partial charge < -0.3 is 15.8 Å². The average Bonchev–Trinajstić information content (AvgIpc) is 2.81. The summed E-state index contributed by atoms with van der Waals surface area (Å²) in [5.41, 5.74) is 6.72. The number of ether oxygens (including phenoxy) is 1. The maximum atomic E-state index is 12.0. The van der Waals surface area contributed by atoms with Crippen molar-refractivity contribution in [2.75, 3.05) is 18.2 Å². The highest BCUT2D eigenvalue weighted by Gasteiger charge is 2.14. The van der Waals surface area contributed by atoms with Crippen LogP contribution in [0, 0.1) is 0 Å². The first-order valence-electron chi connectivity index (χ1n) is 5.09. The summed E-state index contributed by atoms with van der Waals surface area (Å²) >= 11 is 7.10. The highest BCUT2D eigenvalue weighted by Crippen LogP contribution is 2.27. The van der Waals surface area contributed by atoms with Crippen molar-refractivity contribution in [3.63, 3.8) is 0 Å². The number of rotatable bonds is 3. The SMILES string of the molecule is COc1ccsc1C(=O)Nc1ccc(Cl)cc1N. The molecule has 0 unspecified atom stereocenters. The second-order valence-corrected chi connectivity index (χ2v) is 4.86. The molecule has 18 heavy (non-hydrogen) atoms. The standard InChI is InChI=1S/C12H11ClN2O2S/c1-17-10-4-5-18-11(10)12(16)15-9-3-2-7(13)6-8(9)14/h2-6H,14H2,1H3,(H,15,16). The van der Waals surface area contributed by atoms with Gasteiger partial charge in [-0.05, 0) is 29.6 Å². The van der Waals surface area contributed by atoms with Gasteiger partial charge in [0.1, 0.15) is 10.6 Å². The van der Waals surface area contributed by atoms with Crippen molar-refractivity contribution in [1.82, 2.24) is 0 Å². The fraction of sp³-hybridized carbons (Fsp3) is 0.0833. The van der Waals surface area contributed by atoms with Crippen molar-refractivity contribution in [3.8, 4) is 5.75 Å². The van der Waals surface area contributed by atoms with Crippen LogP contribution in [0.5, 0.6) is 5.75 Å². The molecule has 0 saturated carbocycles. The molecule has 0 aliphatic carbocycles. The molecule has 2 rings (SSSR count). The van der Waals surface area contributed by atoms with Crippen molar-refractivity contribution < 1.29 is 9.53 Å². The van der Waals surface area contributed by atoms with E-state index < -0.39 is 0 Å². The van der Waals surface area contributed by atoms with E-state index in [4.69, 9.17) is 22.1 Å². The third-order valence-corrected chi connectivity index (χ3v) is 3.45. The fourth-order valence-corrected chi connectivity index (χ4v) is 2.38. The molecule has 6 heteroatoms. The van der Waals surface area contributed by atoms with Gasteiger partial charge in [0.2, 0.25) is 0 Å². The first-order valence-corrected chi connectivity index (χ1v) is 6.35. The van der Waals surface area contributed by atoms with E-state index >= 15 is 0 Å². The van der Waals surface area contributed by atoms with Crippen molar-refractivity contribution in [3.05, 3.63) is 39.5 Å². The fourth-order valence-electron chi connectivity index (χ4n) is 1.45. The first kappa shape index (κ1) is 12.7. The zero-order chi connectivity index (χ0) is 13.1. The minimum Gasteiger partial charge on any atom is -0.495 e. The number of thiophene rings is 1. The van der Waals surface area contributed by atoms with Gasteiger partial charge in [0, 0.05) is 5.02 Å². The Hall–Kier alpha value is -1.72. The number of hydrogen-bond donors (Lipinski definition) is 2. The van der Waals surface area contributed by atoms with Gasteiger partial charge in [-0.25, -0.2) is 0 Å². The number of carbonyl (C=O) groups is 1. The maximum absolute atomic E-state index is 12.0. The molecule has 0 aliphatic rings. The number of nitrogens with one attached hydrogen (secondary N) is 1. The molecule has 0 radical (unpaired) electrons. The van der Waals surface area contributed by atoms with Crippen LogP contribution in [0.1, 0.15) is 9.67 Å². The Morgan fingerprint density at radius 3 is 2.89 bits per heavy atom. The van der Waals surface area contributed by atoms with Crippen LogP contribution in [0.4, 0.5) is 11.4 Å². The van der Waals surface area contributed by atoms with Gasteiger partial charge in [0.05, 0.1) is 18.5 Å². The number of anilines is 2.